The van der Waals surface area contributed by atoms with Crippen LogP contribution in [0.2, 0.25) is 0 Å². The zero-order chi connectivity index (χ0) is 28.4. The molecule has 4 atom stereocenters. The lowest BCUT2D eigenvalue weighted by Crippen LogP contribution is -2.57. The second kappa shape index (κ2) is 8.95. The minimum absolute atomic E-state index is 0.00512. The van der Waals surface area contributed by atoms with E-state index < -0.39 is 75.6 Å². The van der Waals surface area contributed by atoms with Crippen molar-refractivity contribution in [3.63, 3.8) is 0 Å². The summed E-state index contributed by atoms with van der Waals surface area (Å²) in [5, 5.41) is 46.0. The molecule has 11 nitrogen and oxygen atoms in total. The molecule has 2 amide bonds. The second-order valence-corrected chi connectivity index (χ2v) is 9.80. The number of aliphatic hydroxyl groups is 3. The number of ketones is 2. The van der Waals surface area contributed by atoms with Gasteiger partial charge in [-0.15, -0.1) is 0 Å². The Labute approximate surface area is 220 Å². The van der Waals surface area contributed by atoms with Crippen molar-refractivity contribution in [3.8, 4) is 11.5 Å². The van der Waals surface area contributed by atoms with Crippen molar-refractivity contribution in [2.75, 3.05) is 5.32 Å². The first-order valence-corrected chi connectivity index (χ1v) is 11.9. The van der Waals surface area contributed by atoms with Crippen LogP contribution >= 0.6 is 0 Å². The standard InChI is InChI=1S/C27H23FN2O9/c1-10-14-6-7-16(30-26(37)39-13-4-2-12(28)3-5-13)21(32)18(14)22(33)19-15(10)8-11-9-17(31)20(25(29)36)24(35)27(11,38)23(19)34/h2-7,10-11,15,31-32,34,38H,8-9H2,1H3,(H2,29,36)(H,30,37)/t10-,11-,15?,27-/m0/s1. The number of nitrogens with two attached hydrogens (primary N) is 1. The van der Waals surface area contributed by atoms with Crippen LogP contribution in [0, 0.1) is 17.7 Å². The Morgan fingerprint density at radius 1 is 1.10 bits per heavy atom. The highest BCUT2D eigenvalue weighted by Crippen LogP contribution is 2.55. The zero-order valence-corrected chi connectivity index (χ0v) is 20.4. The average Bonchev–Trinajstić information content (AvgIpc) is 2.87. The molecule has 39 heavy (non-hydrogen) atoms. The van der Waals surface area contributed by atoms with Crippen LogP contribution in [-0.2, 0) is 9.59 Å². The number of fused-ring (bicyclic) bond motifs is 3. The van der Waals surface area contributed by atoms with E-state index in [4.69, 9.17) is 10.5 Å². The third kappa shape index (κ3) is 3.83. The van der Waals surface area contributed by atoms with Gasteiger partial charge in [-0.3, -0.25) is 19.7 Å². The Morgan fingerprint density at radius 3 is 2.41 bits per heavy atom. The van der Waals surface area contributed by atoms with Gasteiger partial charge in [0, 0.05) is 17.9 Å². The first-order valence-electron chi connectivity index (χ1n) is 11.9. The highest BCUT2D eigenvalue weighted by Gasteiger charge is 2.60. The van der Waals surface area contributed by atoms with Gasteiger partial charge in [0.05, 0.1) is 11.3 Å². The molecule has 202 valence electrons. The number of allylic oxidation sites excluding steroid dienone is 2. The summed E-state index contributed by atoms with van der Waals surface area (Å²) >= 11 is 0. The van der Waals surface area contributed by atoms with Crippen molar-refractivity contribution in [2.45, 2.75) is 31.3 Å². The number of halogens is 1. The number of hydrogen-bond donors (Lipinski definition) is 6. The predicted octanol–water partition coefficient (Wildman–Crippen LogP) is 2.89. The molecule has 0 radical (unpaired) electrons. The average molecular weight is 538 g/mol. The van der Waals surface area contributed by atoms with Gasteiger partial charge < -0.3 is 30.9 Å². The Balaban J connectivity index is 1.53. The Bertz CT molecular complexity index is 1530. The molecule has 0 aromatic heterocycles. The molecule has 12 heteroatoms. The topological polar surface area (TPSA) is 196 Å². The molecule has 0 bridgehead atoms. The maximum atomic E-state index is 13.7. The Kier molecular flexibility index (Phi) is 5.95. The number of hydrogen-bond acceptors (Lipinski definition) is 9. The maximum absolute atomic E-state index is 13.7. The van der Waals surface area contributed by atoms with Crippen LogP contribution in [-0.4, -0.2) is 49.6 Å². The molecule has 3 aliphatic rings. The number of amides is 2. The van der Waals surface area contributed by atoms with Gasteiger partial charge in [0.1, 0.15) is 28.7 Å². The van der Waals surface area contributed by atoms with Crippen LogP contribution in [0.5, 0.6) is 11.5 Å². The third-order valence-electron chi connectivity index (χ3n) is 7.70. The number of aliphatic hydroxyl groups excluding tert-OH is 2. The number of Topliss-reactive ketones (excluding diaryl/α,β-unsaturated/α-hetero) is 2. The molecule has 1 unspecified atom stereocenters. The number of nitrogens with one attached hydrogen (secondary N) is 1. The first-order chi connectivity index (χ1) is 18.4. The number of carbonyl (C=O) groups excluding carboxylic acids is 4. The molecule has 0 saturated heterocycles. The van der Waals surface area contributed by atoms with E-state index in [-0.39, 0.29) is 35.4 Å². The van der Waals surface area contributed by atoms with Gasteiger partial charge >= 0.3 is 6.09 Å². The summed E-state index contributed by atoms with van der Waals surface area (Å²) in [6.07, 6.45) is -1.37. The van der Waals surface area contributed by atoms with E-state index in [2.05, 4.69) is 5.32 Å². The number of aromatic hydroxyl groups is 1. The highest BCUT2D eigenvalue weighted by atomic mass is 19.1. The summed E-state index contributed by atoms with van der Waals surface area (Å²) in [5.41, 5.74) is 1.26. The minimum atomic E-state index is -2.68. The van der Waals surface area contributed by atoms with Gasteiger partial charge in [-0.1, -0.05) is 13.0 Å². The molecule has 0 aliphatic heterocycles. The molecule has 2 aromatic carbocycles. The van der Waals surface area contributed by atoms with Crippen LogP contribution in [0.15, 0.2) is 59.1 Å². The van der Waals surface area contributed by atoms with Crippen LogP contribution in [0.4, 0.5) is 14.9 Å². The lowest BCUT2D eigenvalue weighted by atomic mass is 9.58. The van der Waals surface area contributed by atoms with Crippen molar-refractivity contribution >= 4 is 29.3 Å². The van der Waals surface area contributed by atoms with Gasteiger partial charge in [-0.05, 0) is 54.2 Å². The maximum Gasteiger partial charge on any atom is 0.417 e. The third-order valence-corrected chi connectivity index (χ3v) is 7.70. The number of phenolic OH excluding ortho intramolecular Hbond substituents is 1. The van der Waals surface area contributed by atoms with Crippen LogP contribution < -0.4 is 15.8 Å². The number of benzene rings is 2. The lowest BCUT2D eigenvalue weighted by Gasteiger charge is -2.47. The van der Waals surface area contributed by atoms with Gasteiger partial charge in [0.25, 0.3) is 5.91 Å². The summed E-state index contributed by atoms with van der Waals surface area (Å²) in [6.45, 7) is 1.72. The van der Waals surface area contributed by atoms with Crippen molar-refractivity contribution in [1.29, 1.82) is 0 Å². The van der Waals surface area contributed by atoms with Gasteiger partial charge in [-0.25, -0.2) is 9.18 Å². The Morgan fingerprint density at radius 2 is 1.77 bits per heavy atom. The Hall–Kier alpha value is -4.71. The van der Waals surface area contributed by atoms with Crippen molar-refractivity contribution in [3.05, 3.63) is 76.0 Å². The molecule has 3 aliphatic carbocycles. The van der Waals surface area contributed by atoms with E-state index >= 15 is 0 Å². The van der Waals surface area contributed by atoms with E-state index in [1.807, 2.05) is 0 Å². The molecule has 0 spiro atoms. The number of anilines is 1. The molecular formula is C27H23FN2O9. The molecule has 7 N–H and O–H groups in total. The smallest absolute Gasteiger partial charge is 0.417 e. The molecule has 0 fully saturated rings. The molecule has 0 saturated carbocycles. The second-order valence-electron chi connectivity index (χ2n) is 9.80. The summed E-state index contributed by atoms with van der Waals surface area (Å²) in [7, 11) is 0. The number of ether oxygens (including phenoxy) is 1. The number of phenols is 1. The zero-order valence-electron chi connectivity index (χ0n) is 20.4. The lowest BCUT2D eigenvalue weighted by molar-refractivity contribution is -0.144. The molecule has 5 rings (SSSR count). The summed E-state index contributed by atoms with van der Waals surface area (Å²) in [5.74, 6) is -8.49. The van der Waals surface area contributed by atoms with Crippen molar-refractivity contribution in [2.24, 2.45) is 17.6 Å². The van der Waals surface area contributed by atoms with Crippen molar-refractivity contribution < 1.29 is 48.7 Å². The molecule has 2 aromatic rings. The van der Waals surface area contributed by atoms with Crippen LogP contribution in [0.25, 0.3) is 0 Å². The largest absolute Gasteiger partial charge is 0.511 e. The molecular weight excluding hydrogens is 515 g/mol. The molecule has 0 heterocycles. The first kappa shape index (κ1) is 25.9. The number of primary amides is 1. The minimum Gasteiger partial charge on any atom is -0.511 e. The monoisotopic (exact) mass is 538 g/mol. The van der Waals surface area contributed by atoms with Crippen LogP contribution in [0.1, 0.15) is 41.6 Å². The van der Waals surface area contributed by atoms with E-state index in [0.717, 1.165) is 12.1 Å². The predicted molar refractivity (Wildman–Crippen MR) is 132 cm³/mol. The summed E-state index contributed by atoms with van der Waals surface area (Å²) < 4.78 is 18.1. The summed E-state index contributed by atoms with van der Waals surface area (Å²) in [6, 6.07) is 7.46. The van der Waals surface area contributed by atoms with Gasteiger partial charge in [0.15, 0.2) is 17.1 Å². The van der Waals surface area contributed by atoms with Gasteiger partial charge in [-0.2, -0.15) is 0 Å². The van der Waals surface area contributed by atoms with Crippen molar-refractivity contribution in [1.82, 2.24) is 0 Å². The normalized spacial score (nSPS) is 26.0. The summed E-state index contributed by atoms with van der Waals surface area (Å²) in [4.78, 5) is 50.8. The van der Waals surface area contributed by atoms with E-state index in [1.54, 1.807) is 6.92 Å². The van der Waals surface area contributed by atoms with E-state index in [0.29, 0.717) is 5.56 Å². The quantitative estimate of drug-likeness (QED) is 0.251. The fourth-order valence-corrected chi connectivity index (χ4v) is 5.76. The number of carbonyl (C=O) groups is 4. The van der Waals surface area contributed by atoms with E-state index in [9.17, 15) is 44.0 Å². The van der Waals surface area contributed by atoms with Gasteiger partial charge in [0.2, 0.25) is 5.78 Å². The fraction of sp³-hybridized carbons (Fsp3) is 0.259. The highest BCUT2D eigenvalue weighted by molar-refractivity contribution is 6.24. The fourth-order valence-electron chi connectivity index (χ4n) is 5.76. The SMILES string of the molecule is C[C@H]1c2ccc(NC(=O)Oc3ccc(F)cc3)c(O)c2C(=O)C2=C(O)[C@]3(O)C(=O)C(C(N)=O)=C(O)C[C@@H]3CC21. The van der Waals surface area contributed by atoms with Crippen LogP contribution in [0.3, 0.4) is 0 Å². The number of rotatable bonds is 3. The van der Waals surface area contributed by atoms with E-state index in [1.165, 1.54) is 24.3 Å².